The highest BCUT2D eigenvalue weighted by Crippen LogP contribution is 2.26. The molecule has 3 unspecified atom stereocenters. The third-order valence-corrected chi connectivity index (χ3v) is 4.71. The molecule has 1 N–H and O–H groups in total. The molecule has 1 heterocycles. The molecule has 0 bridgehead atoms. The SMILES string of the molecule is CCCNCC(C)(CC)CN1CCC(C)C(OC)C1. The number of nitrogens with zero attached hydrogens (tertiary/aromatic N) is 1. The van der Waals surface area contributed by atoms with Crippen LogP contribution in [-0.4, -0.2) is 50.8 Å². The van der Waals surface area contributed by atoms with Gasteiger partial charge in [-0.2, -0.15) is 0 Å². The van der Waals surface area contributed by atoms with Crippen molar-refractivity contribution >= 4 is 0 Å². The van der Waals surface area contributed by atoms with E-state index < -0.39 is 0 Å². The quantitative estimate of drug-likeness (QED) is 0.686. The predicted molar refractivity (Wildman–Crippen MR) is 82.6 cm³/mol. The van der Waals surface area contributed by atoms with E-state index in [-0.39, 0.29) is 0 Å². The van der Waals surface area contributed by atoms with E-state index in [9.17, 15) is 0 Å². The van der Waals surface area contributed by atoms with E-state index in [1.165, 1.54) is 32.4 Å². The Kier molecular flexibility index (Phi) is 7.33. The smallest absolute Gasteiger partial charge is 0.0724 e. The van der Waals surface area contributed by atoms with Gasteiger partial charge in [0.2, 0.25) is 0 Å². The highest BCUT2D eigenvalue weighted by molar-refractivity contribution is 4.85. The van der Waals surface area contributed by atoms with E-state index in [1.54, 1.807) is 0 Å². The summed E-state index contributed by atoms with van der Waals surface area (Å²) in [6.45, 7) is 15.0. The lowest BCUT2D eigenvalue weighted by Crippen LogP contribution is -2.49. The third kappa shape index (κ3) is 5.41. The fourth-order valence-corrected chi connectivity index (χ4v) is 2.95. The van der Waals surface area contributed by atoms with Gasteiger partial charge < -0.3 is 15.0 Å². The Balaban J connectivity index is 2.46. The largest absolute Gasteiger partial charge is 0.380 e. The molecule has 0 amide bonds. The van der Waals surface area contributed by atoms with Crippen LogP contribution in [0.2, 0.25) is 0 Å². The molecule has 3 heteroatoms. The van der Waals surface area contributed by atoms with Gasteiger partial charge in [-0.25, -0.2) is 0 Å². The number of ether oxygens (including phenoxy) is 1. The number of hydrogen-bond acceptors (Lipinski definition) is 3. The highest BCUT2D eigenvalue weighted by atomic mass is 16.5. The molecule has 0 aromatic heterocycles. The minimum Gasteiger partial charge on any atom is -0.380 e. The number of likely N-dealkylation sites (tertiary alicyclic amines) is 1. The number of nitrogens with one attached hydrogen (secondary N) is 1. The standard InChI is InChI=1S/C16H34N2O/c1-6-9-17-12-16(4,7-2)13-18-10-8-14(3)15(11-18)19-5/h14-15,17H,6-13H2,1-5H3. The van der Waals surface area contributed by atoms with Crippen molar-refractivity contribution in [1.29, 1.82) is 0 Å². The second-order valence-corrected chi connectivity index (χ2v) is 6.62. The molecule has 0 aliphatic carbocycles. The Morgan fingerprint density at radius 2 is 2.11 bits per heavy atom. The molecule has 1 aliphatic rings. The first-order valence-corrected chi connectivity index (χ1v) is 8.00. The average Bonchev–Trinajstić information content (AvgIpc) is 2.41. The van der Waals surface area contributed by atoms with Gasteiger partial charge in [0.05, 0.1) is 6.10 Å². The molecule has 3 atom stereocenters. The highest BCUT2D eigenvalue weighted by Gasteiger charge is 2.31. The van der Waals surface area contributed by atoms with Gasteiger partial charge in [-0.3, -0.25) is 0 Å². The summed E-state index contributed by atoms with van der Waals surface area (Å²) in [5.74, 6) is 0.701. The molecular formula is C16H34N2O. The van der Waals surface area contributed by atoms with Crippen LogP contribution in [0.15, 0.2) is 0 Å². The van der Waals surface area contributed by atoms with E-state index in [1.807, 2.05) is 7.11 Å². The summed E-state index contributed by atoms with van der Waals surface area (Å²) in [7, 11) is 1.85. The first-order valence-electron chi connectivity index (χ1n) is 8.00. The zero-order valence-electron chi connectivity index (χ0n) is 13.7. The third-order valence-electron chi connectivity index (χ3n) is 4.71. The summed E-state index contributed by atoms with van der Waals surface area (Å²) in [5, 5.41) is 3.59. The zero-order valence-corrected chi connectivity index (χ0v) is 13.7. The fraction of sp³-hybridized carbons (Fsp3) is 1.00. The van der Waals surface area contributed by atoms with Crippen LogP contribution in [0, 0.1) is 11.3 Å². The lowest BCUT2D eigenvalue weighted by Gasteiger charge is -2.41. The summed E-state index contributed by atoms with van der Waals surface area (Å²) in [6.07, 6.45) is 4.12. The monoisotopic (exact) mass is 270 g/mol. The van der Waals surface area contributed by atoms with Crippen molar-refractivity contribution in [1.82, 2.24) is 10.2 Å². The Morgan fingerprint density at radius 1 is 1.37 bits per heavy atom. The van der Waals surface area contributed by atoms with Crippen LogP contribution in [0.25, 0.3) is 0 Å². The van der Waals surface area contributed by atoms with Crippen molar-refractivity contribution in [2.45, 2.75) is 53.1 Å². The summed E-state index contributed by atoms with van der Waals surface area (Å²) in [4.78, 5) is 2.60. The molecule has 0 aromatic carbocycles. The van der Waals surface area contributed by atoms with Gasteiger partial charge in [-0.05, 0) is 43.7 Å². The molecule has 0 aromatic rings. The molecule has 1 rings (SSSR count). The second-order valence-electron chi connectivity index (χ2n) is 6.62. The van der Waals surface area contributed by atoms with Gasteiger partial charge in [-0.1, -0.05) is 27.7 Å². The first-order chi connectivity index (χ1) is 9.04. The van der Waals surface area contributed by atoms with Crippen LogP contribution in [0.5, 0.6) is 0 Å². The predicted octanol–water partition coefficient (Wildman–Crippen LogP) is 2.76. The van der Waals surface area contributed by atoms with Crippen LogP contribution < -0.4 is 5.32 Å². The maximum Gasteiger partial charge on any atom is 0.0724 e. The molecule has 0 spiro atoms. The lowest BCUT2D eigenvalue weighted by molar-refractivity contribution is -0.0168. The summed E-state index contributed by atoms with van der Waals surface area (Å²) >= 11 is 0. The maximum absolute atomic E-state index is 5.62. The van der Waals surface area contributed by atoms with Gasteiger partial charge in [-0.15, -0.1) is 0 Å². The van der Waals surface area contributed by atoms with Crippen LogP contribution in [0.4, 0.5) is 0 Å². The van der Waals surface area contributed by atoms with Crippen LogP contribution >= 0.6 is 0 Å². The van der Waals surface area contributed by atoms with Crippen molar-refractivity contribution in [2.24, 2.45) is 11.3 Å². The van der Waals surface area contributed by atoms with Crippen molar-refractivity contribution in [3.05, 3.63) is 0 Å². The average molecular weight is 270 g/mol. The van der Waals surface area contributed by atoms with Crippen molar-refractivity contribution in [3.63, 3.8) is 0 Å². The molecule has 1 fully saturated rings. The molecule has 0 radical (unpaired) electrons. The van der Waals surface area contributed by atoms with Gasteiger partial charge in [0.1, 0.15) is 0 Å². The summed E-state index contributed by atoms with van der Waals surface area (Å²) in [5.41, 5.74) is 0.383. The van der Waals surface area contributed by atoms with E-state index >= 15 is 0 Å². The van der Waals surface area contributed by atoms with Gasteiger partial charge >= 0.3 is 0 Å². The minimum atomic E-state index is 0.383. The lowest BCUT2D eigenvalue weighted by atomic mass is 9.85. The van der Waals surface area contributed by atoms with E-state index in [4.69, 9.17) is 4.74 Å². The van der Waals surface area contributed by atoms with Crippen LogP contribution in [-0.2, 0) is 4.74 Å². The van der Waals surface area contributed by atoms with Crippen molar-refractivity contribution in [3.8, 4) is 0 Å². The minimum absolute atomic E-state index is 0.383. The number of piperidine rings is 1. The maximum atomic E-state index is 5.62. The van der Waals surface area contributed by atoms with Gasteiger partial charge in [0, 0.05) is 26.7 Å². The number of hydrogen-bond donors (Lipinski definition) is 1. The molecule has 3 nitrogen and oxygen atoms in total. The summed E-state index contributed by atoms with van der Waals surface area (Å²) in [6, 6.07) is 0. The number of methoxy groups -OCH3 is 1. The first kappa shape index (κ1) is 16.9. The summed E-state index contributed by atoms with van der Waals surface area (Å²) < 4.78 is 5.62. The van der Waals surface area contributed by atoms with Crippen LogP contribution in [0.3, 0.4) is 0 Å². The van der Waals surface area contributed by atoms with Crippen LogP contribution in [0.1, 0.15) is 47.0 Å². The molecular weight excluding hydrogens is 236 g/mol. The number of rotatable bonds is 8. The topological polar surface area (TPSA) is 24.5 Å². The van der Waals surface area contributed by atoms with Crippen molar-refractivity contribution < 1.29 is 4.74 Å². The van der Waals surface area contributed by atoms with Gasteiger partial charge in [0.15, 0.2) is 0 Å². The van der Waals surface area contributed by atoms with Gasteiger partial charge in [0.25, 0.3) is 0 Å². The normalized spacial score (nSPS) is 28.3. The zero-order chi connectivity index (χ0) is 14.3. The fourth-order valence-electron chi connectivity index (χ4n) is 2.95. The molecule has 19 heavy (non-hydrogen) atoms. The Bertz CT molecular complexity index is 247. The van der Waals surface area contributed by atoms with E-state index in [0.717, 1.165) is 19.6 Å². The molecule has 1 aliphatic heterocycles. The molecule has 114 valence electrons. The molecule has 0 saturated carbocycles. The Hall–Kier alpha value is -0.120. The molecule has 1 saturated heterocycles. The second kappa shape index (κ2) is 8.23. The Labute approximate surface area is 120 Å². The van der Waals surface area contributed by atoms with E-state index in [2.05, 4.69) is 37.9 Å². The Morgan fingerprint density at radius 3 is 2.68 bits per heavy atom. The van der Waals surface area contributed by atoms with Crippen molar-refractivity contribution in [2.75, 3.05) is 39.8 Å². The van der Waals surface area contributed by atoms with E-state index in [0.29, 0.717) is 17.4 Å².